The Morgan fingerprint density at radius 1 is 1.05 bits per heavy atom. The molecule has 4 rings (SSSR count). The fourth-order valence-electron chi connectivity index (χ4n) is 3.69. The van der Waals surface area contributed by atoms with Crippen LogP contribution in [0.2, 0.25) is 0 Å². The lowest BCUT2D eigenvalue weighted by molar-refractivity contribution is 0.174. The van der Waals surface area contributed by atoms with E-state index in [1.807, 2.05) is 6.07 Å². The van der Waals surface area contributed by atoms with Crippen LogP contribution in [0.3, 0.4) is 0 Å². The summed E-state index contributed by atoms with van der Waals surface area (Å²) in [5.41, 5.74) is 4.24. The highest BCUT2D eigenvalue weighted by molar-refractivity contribution is 5.50. The first kappa shape index (κ1) is 13.6. The molecule has 0 bridgehead atoms. The minimum absolute atomic E-state index is 0.335. The lowest BCUT2D eigenvalue weighted by atomic mass is 9.92. The number of ether oxygens (including phenoxy) is 2. The second kappa shape index (κ2) is 5.33. The summed E-state index contributed by atoms with van der Waals surface area (Å²) >= 11 is 0. The molecule has 0 saturated heterocycles. The summed E-state index contributed by atoms with van der Waals surface area (Å²) in [6.45, 7) is 3.62. The Kier molecular flexibility index (Phi) is 3.30. The molecule has 2 atom stereocenters. The highest BCUT2D eigenvalue weighted by Gasteiger charge is 2.34. The van der Waals surface area contributed by atoms with Crippen molar-refractivity contribution in [1.82, 2.24) is 4.90 Å². The zero-order chi connectivity index (χ0) is 15.1. The lowest BCUT2D eigenvalue weighted by Gasteiger charge is -2.23. The van der Waals surface area contributed by atoms with Crippen molar-refractivity contribution in [1.29, 1.82) is 0 Å². The first-order valence-electron chi connectivity index (χ1n) is 7.96. The number of nitrogens with zero attached hydrogens (tertiary/aromatic N) is 1. The molecule has 1 aliphatic carbocycles. The van der Waals surface area contributed by atoms with Crippen LogP contribution in [-0.4, -0.2) is 25.3 Å². The molecule has 0 spiro atoms. The Hall–Kier alpha value is -2.00. The summed E-state index contributed by atoms with van der Waals surface area (Å²) in [5.74, 6) is 2.17. The van der Waals surface area contributed by atoms with Gasteiger partial charge in [0.2, 0.25) is 6.79 Å². The van der Waals surface area contributed by atoms with Gasteiger partial charge in [0, 0.05) is 12.0 Å². The number of fused-ring (bicyclic) bond motifs is 2. The molecule has 2 aromatic rings. The summed E-state index contributed by atoms with van der Waals surface area (Å²) < 4.78 is 11.0. The Balaban J connectivity index is 1.74. The topological polar surface area (TPSA) is 21.7 Å². The van der Waals surface area contributed by atoms with Gasteiger partial charge in [0.05, 0.1) is 0 Å². The third-order valence-corrected chi connectivity index (χ3v) is 5.02. The van der Waals surface area contributed by atoms with Crippen molar-refractivity contribution in [3.05, 3.63) is 59.2 Å². The second-order valence-corrected chi connectivity index (χ2v) is 6.12. The highest BCUT2D eigenvalue weighted by atomic mass is 16.7. The molecule has 0 N–H and O–H groups in total. The third kappa shape index (κ3) is 2.08. The number of rotatable bonds is 3. The number of hydrogen-bond donors (Lipinski definition) is 0. The lowest BCUT2D eigenvalue weighted by Crippen LogP contribution is -2.22. The van der Waals surface area contributed by atoms with Gasteiger partial charge in [0.15, 0.2) is 11.5 Å². The first-order valence-corrected chi connectivity index (χ1v) is 7.96. The Labute approximate surface area is 131 Å². The first-order chi connectivity index (χ1) is 10.8. The minimum atomic E-state index is 0.335. The van der Waals surface area contributed by atoms with Crippen LogP contribution in [0.1, 0.15) is 42.0 Å². The molecule has 2 aliphatic rings. The van der Waals surface area contributed by atoms with E-state index < -0.39 is 0 Å². The molecule has 0 radical (unpaired) electrons. The largest absolute Gasteiger partial charge is 0.454 e. The number of benzene rings is 2. The molecule has 0 fully saturated rings. The van der Waals surface area contributed by atoms with Gasteiger partial charge in [-0.1, -0.05) is 37.3 Å². The maximum absolute atomic E-state index is 5.55. The minimum Gasteiger partial charge on any atom is -0.454 e. The van der Waals surface area contributed by atoms with Crippen LogP contribution in [0.4, 0.5) is 0 Å². The predicted molar refractivity (Wildman–Crippen MR) is 86.5 cm³/mol. The van der Waals surface area contributed by atoms with E-state index in [-0.39, 0.29) is 0 Å². The van der Waals surface area contributed by atoms with E-state index in [4.69, 9.17) is 9.47 Å². The zero-order valence-electron chi connectivity index (χ0n) is 13.1. The summed E-state index contributed by atoms with van der Waals surface area (Å²) in [7, 11) is 2.21. The van der Waals surface area contributed by atoms with Crippen LogP contribution in [0.15, 0.2) is 42.5 Å². The normalized spacial score (nSPS) is 22.1. The van der Waals surface area contributed by atoms with E-state index in [2.05, 4.69) is 55.3 Å². The maximum atomic E-state index is 5.55. The van der Waals surface area contributed by atoms with E-state index in [0.717, 1.165) is 24.5 Å². The van der Waals surface area contributed by atoms with Gasteiger partial charge >= 0.3 is 0 Å². The van der Waals surface area contributed by atoms with E-state index in [0.29, 0.717) is 18.8 Å². The summed E-state index contributed by atoms with van der Waals surface area (Å²) in [5, 5.41) is 0. The predicted octanol–water partition coefficient (Wildman–Crippen LogP) is 3.94. The van der Waals surface area contributed by atoms with Gasteiger partial charge in [-0.3, -0.25) is 4.90 Å². The van der Waals surface area contributed by atoms with E-state index in [9.17, 15) is 0 Å². The molecular formula is C19H21NO2. The summed E-state index contributed by atoms with van der Waals surface area (Å²) in [6.07, 6.45) is 1.13. The Morgan fingerprint density at radius 3 is 2.64 bits per heavy atom. The van der Waals surface area contributed by atoms with Crippen LogP contribution in [0.25, 0.3) is 0 Å². The molecule has 2 aromatic carbocycles. The molecule has 3 nitrogen and oxygen atoms in total. The van der Waals surface area contributed by atoms with E-state index >= 15 is 0 Å². The van der Waals surface area contributed by atoms with Crippen LogP contribution >= 0.6 is 0 Å². The van der Waals surface area contributed by atoms with Crippen LogP contribution in [-0.2, 0) is 0 Å². The average molecular weight is 295 g/mol. The van der Waals surface area contributed by atoms with Crippen molar-refractivity contribution in [2.45, 2.75) is 25.3 Å². The van der Waals surface area contributed by atoms with Crippen LogP contribution in [0.5, 0.6) is 11.5 Å². The van der Waals surface area contributed by atoms with Crippen molar-refractivity contribution in [2.75, 3.05) is 20.4 Å². The van der Waals surface area contributed by atoms with Crippen LogP contribution in [0, 0.1) is 0 Å². The molecule has 22 heavy (non-hydrogen) atoms. The molecule has 3 heteroatoms. The highest BCUT2D eigenvalue weighted by Crippen LogP contribution is 2.47. The third-order valence-electron chi connectivity index (χ3n) is 5.02. The summed E-state index contributed by atoms with van der Waals surface area (Å²) in [4.78, 5) is 2.44. The van der Waals surface area contributed by atoms with Crippen molar-refractivity contribution in [2.24, 2.45) is 0 Å². The van der Waals surface area contributed by atoms with Crippen molar-refractivity contribution < 1.29 is 9.47 Å². The van der Waals surface area contributed by atoms with Gasteiger partial charge in [-0.2, -0.15) is 0 Å². The van der Waals surface area contributed by atoms with E-state index in [1.54, 1.807) is 0 Å². The second-order valence-electron chi connectivity index (χ2n) is 6.12. The Morgan fingerprint density at radius 2 is 1.82 bits per heavy atom. The van der Waals surface area contributed by atoms with Gasteiger partial charge in [-0.25, -0.2) is 0 Å². The quantitative estimate of drug-likeness (QED) is 0.856. The van der Waals surface area contributed by atoms with Crippen molar-refractivity contribution in [3.63, 3.8) is 0 Å². The molecule has 0 amide bonds. The summed E-state index contributed by atoms with van der Waals surface area (Å²) in [6, 6.07) is 15.7. The maximum Gasteiger partial charge on any atom is 0.231 e. The molecule has 1 heterocycles. The van der Waals surface area contributed by atoms with Gasteiger partial charge in [-0.15, -0.1) is 0 Å². The van der Waals surface area contributed by atoms with E-state index in [1.165, 1.54) is 16.7 Å². The van der Waals surface area contributed by atoms with Gasteiger partial charge in [0.1, 0.15) is 0 Å². The zero-order valence-corrected chi connectivity index (χ0v) is 13.1. The average Bonchev–Trinajstić information content (AvgIpc) is 3.17. The number of hydrogen-bond acceptors (Lipinski definition) is 3. The van der Waals surface area contributed by atoms with Gasteiger partial charge < -0.3 is 9.47 Å². The fraction of sp³-hybridized carbons (Fsp3) is 0.368. The molecular weight excluding hydrogens is 274 g/mol. The molecule has 0 saturated carbocycles. The van der Waals surface area contributed by atoms with Crippen molar-refractivity contribution >= 4 is 0 Å². The molecule has 0 unspecified atom stereocenters. The SMILES string of the molecule is CCN(C)[C@H]1C[C@@H](c2ccc3c(c2)OCO3)c2ccccc21. The molecule has 1 aliphatic heterocycles. The smallest absolute Gasteiger partial charge is 0.231 e. The molecule has 114 valence electrons. The van der Waals surface area contributed by atoms with Crippen LogP contribution < -0.4 is 9.47 Å². The standard InChI is InChI=1S/C19H21NO2/c1-3-20(2)17-11-16(14-6-4-5-7-15(14)17)13-8-9-18-19(10-13)22-12-21-18/h4-10,16-17H,3,11-12H2,1-2H3/t16-,17-/m0/s1. The monoisotopic (exact) mass is 295 g/mol. The fourth-order valence-corrected chi connectivity index (χ4v) is 3.69. The van der Waals surface area contributed by atoms with Crippen molar-refractivity contribution in [3.8, 4) is 11.5 Å². The Bertz CT molecular complexity index is 698. The molecule has 0 aromatic heterocycles. The van der Waals surface area contributed by atoms with Gasteiger partial charge in [0.25, 0.3) is 0 Å². The van der Waals surface area contributed by atoms with Gasteiger partial charge in [-0.05, 0) is 48.8 Å².